The van der Waals surface area contributed by atoms with E-state index >= 15 is 0 Å². The highest BCUT2D eigenvalue weighted by atomic mass is 35.5. The van der Waals surface area contributed by atoms with E-state index in [1.54, 1.807) is 31.2 Å². The molecular formula is C15H24ClN3O3. The van der Waals surface area contributed by atoms with Gasteiger partial charge in [0.2, 0.25) is 11.8 Å². The van der Waals surface area contributed by atoms with Crippen LogP contribution < -0.4 is 21.5 Å². The van der Waals surface area contributed by atoms with Gasteiger partial charge in [-0.05, 0) is 37.6 Å². The summed E-state index contributed by atoms with van der Waals surface area (Å²) in [5.74, 6) is -0.0119. The Bertz CT molecular complexity index is 489. The van der Waals surface area contributed by atoms with Crippen LogP contribution in [0.25, 0.3) is 0 Å². The predicted octanol–water partition coefficient (Wildman–Crippen LogP) is 1.82. The fourth-order valence-electron chi connectivity index (χ4n) is 1.81. The lowest BCUT2D eigenvalue weighted by atomic mass is 9.96. The van der Waals surface area contributed by atoms with Gasteiger partial charge in [-0.15, -0.1) is 12.4 Å². The van der Waals surface area contributed by atoms with Crippen LogP contribution >= 0.6 is 12.4 Å². The Morgan fingerprint density at radius 2 is 1.86 bits per heavy atom. The molecule has 1 unspecified atom stereocenters. The SMILES string of the molecule is CCCC(C)(N)C(=O)Nc1ccc(OCCC(N)=O)cc1.Cl. The summed E-state index contributed by atoms with van der Waals surface area (Å²) < 4.78 is 5.34. The van der Waals surface area contributed by atoms with Gasteiger partial charge in [-0.1, -0.05) is 13.3 Å². The average molecular weight is 330 g/mol. The van der Waals surface area contributed by atoms with Crippen molar-refractivity contribution in [3.05, 3.63) is 24.3 Å². The van der Waals surface area contributed by atoms with Crippen LogP contribution in [-0.2, 0) is 9.59 Å². The molecular weight excluding hydrogens is 306 g/mol. The maximum atomic E-state index is 12.0. The highest BCUT2D eigenvalue weighted by Crippen LogP contribution is 2.18. The van der Waals surface area contributed by atoms with Crippen LogP contribution in [-0.4, -0.2) is 24.0 Å². The van der Waals surface area contributed by atoms with Gasteiger partial charge >= 0.3 is 0 Å². The molecule has 1 atom stereocenters. The lowest BCUT2D eigenvalue weighted by Gasteiger charge is -2.22. The van der Waals surface area contributed by atoms with Crippen LogP contribution in [0.2, 0.25) is 0 Å². The van der Waals surface area contributed by atoms with Crippen LogP contribution in [0.1, 0.15) is 33.1 Å². The number of nitrogens with two attached hydrogens (primary N) is 2. The Morgan fingerprint density at radius 3 is 2.36 bits per heavy atom. The fourth-order valence-corrected chi connectivity index (χ4v) is 1.81. The Morgan fingerprint density at radius 1 is 1.27 bits per heavy atom. The second kappa shape index (κ2) is 9.27. The second-order valence-electron chi connectivity index (χ2n) is 5.21. The van der Waals surface area contributed by atoms with E-state index in [1.807, 2.05) is 6.92 Å². The lowest BCUT2D eigenvalue weighted by molar-refractivity contribution is -0.121. The normalized spacial score (nSPS) is 12.7. The van der Waals surface area contributed by atoms with E-state index in [0.717, 1.165) is 6.42 Å². The molecule has 0 fully saturated rings. The summed E-state index contributed by atoms with van der Waals surface area (Å²) in [5, 5.41) is 2.77. The van der Waals surface area contributed by atoms with Gasteiger partial charge in [0.15, 0.2) is 0 Å². The number of benzene rings is 1. The fraction of sp³-hybridized carbons (Fsp3) is 0.467. The maximum absolute atomic E-state index is 12.0. The molecule has 0 saturated carbocycles. The van der Waals surface area contributed by atoms with Gasteiger partial charge in [0.25, 0.3) is 0 Å². The molecule has 0 radical (unpaired) electrons. The molecule has 22 heavy (non-hydrogen) atoms. The van der Waals surface area contributed by atoms with Crippen LogP contribution in [0.5, 0.6) is 5.75 Å². The number of hydrogen-bond acceptors (Lipinski definition) is 4. The Hall–Kier alpha value is -1.79. The first-order valence-corrected chi connectivity index (χ1v) is 6.96. The number of nitrogens with one attached hydrogen (secondary N) is 1. The average Bonchev–Trinajstić information content (AvgIpc) is 2.40. The van der Waals surface area contributed by atoms with Crippen molar-refractivity contribution >= 4 is 29.9 Å². The lowest BCUT2D eigenvalue weighted by Crippen LogP contribution is -2.48. The molecule has 2 amide bonds. The third kappa shape index (κ3) is 6.78. The summed E-state index contributed by atoms with van der Waals surface area (Å²) in [6.45, 7) is 3.93. The predicted molar refractivity (Wildman–Crippen MR) is 89.1 cm³/mol. The van der Waals surface area contributed by atoms with Gasteiger partial charge < -0.3 is 21.5 Å². The van der Waals surface area contributed by atoms with Crippen LogP contribution in [0.3, 0.4) is 0 Å². The molecule has 1 aromatic rings. The van der Waals surface area contributed by atoms with E-state index in [0.29, 0.717) is 17.9 Å². The van der Waals surface area contributed by atoms with Gasteiger partial charge in [0.1, 0.15) is 5.75 Å². The third-order valence-corrected chi connectivity index (χ3v) is 3.02. The molecule has 0 aliphatic heterocycles. The molecule has 6 nitrogen and oxygen atoms in total. The summed E-state index contributed by atoms with van der Waals surface area (Å²) in [6.07, 6.45) is 1.63. The molecule has 0 heterocycles. The van der Waals surface area contributed by atoms with Crippen molar-refractivity contribution in [1.82, 2.24) is 0 Å². The van der Waals surface area contributed by atoms with Crippen LogP contribution in [0.15, 0.2) is 24.3 Å². The van der Waals surface area contributed by atoms with E-state index < -0.39 is 11.4 Å². The largest absolute Gasteiger partial charge is 0.493 e. The molecule has 0 spiro atoms. The minimum Gasteiger partial charge on any atom is -0.493 e. The van der Waals surface area contributed by atoms with E-state index in [4.69, 9.17) is 16.2 Å². The minimum atomic E-state index is -0.884. The number of carbonyl (C=O) groups is 2. The number of hydrogen-bond donors (Lipinski definition) is 3. The van der Waals surface area contributed by atoms with Gasteiger partial charge in [0, 0.05) is 5.69 Å². The van der Waals surface area contributed by atoms with Crippen molar-refractivity contribution in [3.8, 4) is 5.75 Å². The molecule has 0 bridgehead atoms. The smallest absolute Gasteiger partial charge is 0.244 e. The number of ether oxygens (including phenoxy) is 1. The molecule has 1 aromatic carbocycles. The Balaban J connectivity index is 0.00000441. The third-order valence-electron chi connectivity index (χ3n) is 3.02. The number of halogens is 1. The van der Waals surface area contributed by atoms with E-state index in [1.165, 1.54) is 0 Å². The Labute approximate surface area is 137 Å². The molecule has 5 N–H and O–H groups in total. The molecule has 124 valence electrons. The molecule has 0 aliphatic carbocycles. The summed E-state index contributed by atoms with van der Waals surface area (Å²) in [7, 11) is 0. The van der Waals surface area contributed by atoms with Crippen molar-refractivity contribution in [2.45, 2.75) is 38.6 Å². The summed E-state index contributed by atoms with van der Waals surface area (Å²) in [6, 6.07) is 6.87. The van der Waals surface area contributed by atoms with Gasteiger partial charge in [0.05, 0.1) is 18.6 Å². The topological polar surface area (TPSA) is 107 Å². The van der Waals surface area contributed by atoms with Gasteiger partial charge in [-0.2, -0.15) is 0 Å². The zero-order chi connectivity index (χ0) is 15.9. The highest BCUT2D eigenvalue weighted by Gasteiger charge is 2.27. The van der Waals surface area contributed by atoms with Crippen molar-refractivity contribution in [2.75, 3.05) is 11.9 Å². The number of rotatable bonds is 8. The monoisotopic (exact) mass is 329 g/mol. The quantitative estimate of drug-likeness (QED) is 0.676. The number of amides is 2. The number of anilines is 1. The first kappa shape index (κ1) is 20.2. The zero-order valence-corrected chi connectivity index (χ0v) is 13.7. The molecule has 0 aromatic heterocycles. The maximum Gasteiger partial charge on any atom is 0.244 e. The molecule has 0 saturated heterocycles. The zero-order valence-electron chi connectivity index (χ0n) is 12.9. The van der Waals surface area contributed by atoms with Crippen LogP contribution in [0, 0.1) is 0 Å². The van der Waals surface area contributed by atoms with E-state index in [2.05, 4.69) is 5.32 Å². The Kier molecular flexibility index (Phi) is 8.52. The molecule has 1 rings (SSSR count). The van der Waals surface area contributed by atoms with Crippen molar-refractivity contribution in [3.63, 3.8) is 0 Å². The van der Waals surface area contributed by atoms with Gasteiger partial charge in [-0.3, -0.25) is 9.59 Å². The van der Waals surface area contributed by atoms with Crippen molar-refractivity contribution < 1.29 is 14.3 Å². The van der Waals surface area contributed by atoms with E-state index in [-0.39, 0.29) is 31.3 Å². The minimum absolute atomic E-state index is 0. The van der Waals surface area contributed by atoms with Crippen LogP contribution in [0.4, 0.5) is 5.69 Å². The molecule has 7 heteroatoms. The van der Waals surface area contributed by atoms with E-state index in [9.17, 15) is 9.59 Å². The summed E-state index contributed by atoms with van der Waals surface area (Å²) in [4.78, 5) is 22.6. The number of carbonyl (C=O) groups excluding carboxylic acids is 2. The first-order chi connectivity index (χ1) is 9.85. The second-order valence-corrected chi connectivity index (χ2v) is 5.21. The van der Waals surface area contributed by atoms with Crippen molar-refractivity contribution in [1.29, 1.82) is 0 Å². The van der Waals surface area contributed by atoms with Gasteiger partial charge in [-0.25, -0.2) is 0 Å². The highest BCUT2D eigenvalue weighted by molar-refractivity contribution is 5.97. The standard InChI is InChI=1S/C15H23N3O3.ClH/c1-3-9-15(2,17)14(20)18-11-4-6-12(7-5-11)21-10-8-13(16)19;/h4-7H,3,8-10,17H2,1-2H3,(H2,16,19)(H,18,20);1H. The summed E-state index contributed by atoms with van der Waals surface area (Å²) in [5.41, 5.74) is 10.7. The van der Waals surface area contributed by atoms with Crippen molar-refractivity contribution in [2.24, 2.45) is 11.5 Å². The number of primary amides is 1. The summed E-state index contributed by atoms with van der Waals surface area (Å²) >= 11 is 0. The first-order valence-electron chi connectivity index (χ1n) is 6.96. The molecule has 0 aliphatic rings.